The van der Waals surface area contributed by atoms with Crippen molar-refractivity contribution < 1.29 is 18.0 Å². The molecule has 178 valence electrons. The quantitative estimate of drug-likeness (QED) is 0.488. The number of rotatable bonds is 8. The SMILES string of the molecule is CCN(Cc1ccccc1NC(=O)c1cc(S(=O)(=O)Nc2cccc(C)c2)ccc1C)C(C)=O. The van der Waals surface area contributed by atoms with E-state index in [-0.39, 0.29) is 16.4 Å². The number of benzene rings is 3. The first-order valence-electron chi connectivity index (χ1n) is 11.0. The summed E-state index contributed by atoms with van der Waals surface area (Å²) in [7, 11) is -3.89. The summed E-state index contributed by atoms with van der Waals surface area (Å²) >= 11 is 0. The number of para-hydroxylation sites is 1. The van der Waals surface area contributed by atoms with Gasteiger partial charge in [-0.05, 0) is 67.8 Å². The summed E-state index contributed by atoms with van der Waals surface area (Å²) in [5.41, 5.74) is 3.62. The number of hydrogen-bond acceptors (Lipinski definition) is 4. The van der Waals surface area contributed by atoms with E-state index in [1.807, 2.05) is 32.0 Å². The van der Waals surface area contributed by atoms with E-state index in [2.05, 4.69) is 10.0 Å². The second-order valence-electron chi connectivity index (χ2n) is 8.10. The number of sulfonamides is 1. The summed E-state index contributed by atoms with van der Waals surface area (Å²) in [4.78, 5) is 26.6. The van der Waals surface area contributed by atoms with Gasteiger partial charge < -0.3 is 10.2 Å². The van der Waals surface area contributed by atoms with Crippen molar-refractivity contribution >= 4 is 33.2 Å². The van der Waals surface area contributed by atoms with Gasteiger partial charge >= 0.3 is 0 Å². The van der Waals surface area contributed by atoms with Gasteiger partial charge in [0.05, 0.1) is 4.90 Å². The Hall–Kier alpha value is -3.65. The number of carbonyl (C=O) groups excluding carboxylic acids is 2. The van der Waals surface area contributed by atoms with Crippen LogP contribution in [0.5, 0.6) is 0 Å². The lowest BCUT2D eigenvalue weighted by molar-refractivity contribution is -0.129. The van der Waals surface area contributed by atoms with E-state index in [4.69, 9.17) is 0 Å². The summed E-state index contributed by atoms with van der Waals surface area (Å²) in [6.45, 7) is 7.92. The summed E-state index contributed by atoms with van der Waals surface area (Å²) in [5, 5.41) is 2.88. The van der Waals surface area contributed by atoms with Gasteiger partial charge in [-0.2, -0.15) is 0 Å². The Balaban J connectivity index is 1.87. The van der Waals surface area contributed by atoms with Gasteiger partial charge in [-0.15, -0.1) is 0 Å². The van der Waals surface area contributed by atoms with Crippen LogP contribution in [-0.2, 0) is 21.4 Å². The molecule has 8 heteroatoms. The van der Waals surface area contributed by atoms with Gasteiger partial charge in [0.2, 0.25) is 5.91 Å². The molecule has 0 saturated heterocycles. The zero-order chi connectivity index (χ0) is 24.9. The molecule has 0 bridgehead atoms. The topological polar surface area (TPSA) is 95.6 Å². The lowest BCUT2D eigenvalue weighted by Gasteiger charge is -2.21. The van der Waals surface area contributed by atoms with Crippen molar-refractivity contribution in [2.45, 2.75) is 39.1 Å². The van der Waals surface area contributed by atoms with Gasteiger partial charge in [0.15, 0.2) is 0 Å². The third kappa shape index (κ3) is 6.02. The van der Waals surface area contributed by atoms with Gasteiger partial charge in [0, 0.05) is 37.0 Å². The normalized spacial score (nSPS) is 11.1. The molecule has 34 heavy (non-hydrogen) atoms. The summed E-state index contributed by atoms with van der Waals surface area (Å²) in [6.07, 6.45) is 0. The molecule has 0 heterocycles. The van der Waals surface area contributed by atoms with Crippen molar-refractivity contribution in [3.8, 4) is 0 Å². The van der Waals surface area contributed by atoms with Gasteiger partial charge in [-0.1, -0.05) is 36.4 Å². The van der Waals surface area contributed by atoms with Crippen molar-refractivity contribution in [3.05, 3.63) is 89.0 Å². The van der Waals surface area contributed by atoms with Crippen LogP contribution in [0, 0.1) is 13.8 Å². The lowest BCUT2D eigenvalue weighted by atomic mass is 10.1. The maximum Gasteiger partial charge on any atom is 0.261 e. The van der Waals surface area contributed by atoms with E-state index < -0.39 is 15.9 Å². The van der Waals surface area contributed by atoms with Crippen molar-refractivity contribution in [1.82, 2.24) is 4.90 Å². The fraction of sp³-hybridized carbons (Fsp3) is 0.231. The van der Waals surface area contributed by atoms with Crippen LogP contribution in [0.25, 0.3) is 0 Å². The van der Waals surface area contributed by atoms with Gasteiger partial charge in [0.1, 0.15) is 0 Å². The molecule has 3 aromatic rings. The first-order valence-corrected chi connectivity index (χ1v) is 12.4. The highest BCUT2D eigenvalue weighted by atomic mass is 32.2. The van der Waals surface area contributed by atoms with Crippen LogP contribution in [0.3, 0.4) is 0 Å². The Bertz CT molecular complexity index is 1320. The summed E-state index contributed by atoms with van der Waals surface area (Å²) < 4.78 is 28.5. The predicted molar refractivity (Wildman–Crippen MR) is 134 cm³/mol. The van der Waals surface area contributed by atoms with Crippen molar-refractivity contribution in [2.24, 2.45) is 0 Å². The Morgan fingerprint density at radius 2 is 1.68 bits per heavy atom. The first-order chi connectivity index (χ1) is 16.1. The molecule has 0 aliphatic heterocycles. The smallest absolute Gasteiger partial charge is 0.261 e. The molecule has 0 fully saturated rings. The fourth-order valence-corrected chi connectivity index (χ4v) is 4.63. The van der Waals surface area contributed by atoms with Crippen LogP contribution in [0.15, 0.2) is 71.6 Å². The number of carbonyl (C=O) groups is 2. The van der Waals surface area contributed by atoms with Gasteiger partial charge in [0.25, 0.3) is 15.9 Å². The zero-order valence-corrected chi connectivity index (χ0v) is 20.6. The van der Waals surface area contributed by atoms with Crippen molar-refractivity contribution in [1.29, 1.82) is 0 Å². The minimum Gasteiger partial charge on any atom is -0.339 e. The highest BCUT2D eigenvalue weighted by Gasteiger charge is 2.19. The zero-order valence-electron chi connectivity index (χ0n) is 19.8. The largest absolute Gasteiger partial charge is 0.339 e. The molecule has 0 saturated carbocycles. The molecule has 0 aromatic heterocycles. The average Bonchev–Trinajstić information content (AvgIpc) is 2.78. The Labute approximate surface area is 200 Å². The van der Waals surface area contributed by atoms with E-state index in [9.17, 15) is 18.0 Å². The number of nitrogens with zero attached hydrogens (tertiary/aromatic N) is 1. The van der Waals surface area contributed by atoms with Crippen LogP contribution in [0.4, 0.5) is 11.4 Å². The lowest BCUT2D eigenvalue weighted by Crippen LogP contribution is -2.28. The maximum absolute atomic E-state index is 13.2. The minimum absolute atomic E-state index is 0.00761. The monoisotopic (exact) mass is 479 g/mol. The molecule has 0 atom stereocenters. The van der Waals surface area contributed by atoms with Crippen molar-refractivity contribution in [2.75, 3.05) is 16.6 Å². The van der Waals surface area contributed by atoms with E-state index >= 15 is 0 Å². The first kappa shape index (κ1) is 25.0. The molecular formula is C26H29N3O4S. The van der Waals surface area contributed by atoms with Crippen LogP contribution in [-0.4, -0.2) is 31.7 Å². The third-order valence-electron chi connectivity index (χ3n) is 5.49. The van der Waals surface area contributed by atoms with Gasteiger partial charge in [-0.3, -0.25) is 14.3 Å². The molecule has 3 rings (SSSR count). The van der Waals surface area contributed by atoms with Crippen LogP contribution in [0.1, 0.15) is 40.9 Å². The molecule has 7 nitrogen and oxygen atoms in total. The standard InChI is InChI=1S/C26H29N3O4S/c1-5-29(20(4)30)17-21-10-6-7-12-25(21)27-26(31)24-16-23(14-13-19(24)3)34(32,33)28-22-11-8-9-18(2)15-22/h6-16,28H,5,17H2,1-4H3,(H,27,31). The highest BCUT2D eigenvalue weighted by Crippen LogP contribution is 2.23. The van der Waals surface area contributed by atoms with Crippen LogP contribution >= 0.6 is 0 Å². The summed E-state index contributed by atoms with van der Waals surface area (Å²) in [6, 6.07) is 18.8. The average molecular weight is 480 g/mol. The molecule has 0 spiro atoms. The Morgan fingerprint density at radius 1 is 0.941 bits per heavy atom. The number of hydrogen-bond donors (Lipinski definition) is 2. The number of anilines is 2. The van der Waals surface area contributed by atoms with Crippen LogP contribution < -0.4 is 10.0 Å². The van der Waals surface area contributed by atoms with E-state index in [0.29, 0.717) is 30.0 Å². The highest BCUT2D eigenvalue weighted by molar-refractivity contribution is 7.92. The molecule has 0 aliphatic rings. The van der Waals surface area contributed by atoms with E-state index in [1.165, 1.54) is 19.1 Å². The third-order valence-corrected chi connectivity index (χ3v) is 6.87. The molecule has 0 radical (unpaired) electrons. The molecule has 3 aromatic carbocycles. The second kappa shape index (κ2) is 10.5. The Morgan fingerprint density at radius 3 is 2.35 bits per heavy atom. The Kier molecular flexibility index (Phi) is 7.73. The molecule has 2 amide bonds. The predicted octanol–water partition coefficient (Wildman–Crippen LogP) is 4.72. The summed E-state index contributed by atoms with van der Waals surface area (Å²) in [5.74, 6) is -0.484. The second-order valence-corrected chi connectivity index (χ2v) is 9.78. The molecular weight excluding hydrogens is 450 g/mol. The molecule has 0 aliphatic carbocycles. The minimum atomic E-state index is -3.89. The maximum atomic E-state index is 13.2. The van der Waals surface area contributed by atoms with Crippen molar-refractivity contribution in [3.63, 3.8) is 0 Å². The number of nitrogens with one attached hydrogen (secondary N) is 2. The van der Waals surface area contributed by atoms with E-state index in [1.54, 1.807) is 48.2 Å². The van der Waals surface area contributed by atoms with Gasteiger partial charge in [-0.25, -0.2) is 8.42 Å². The molecule has 0 unspecified atom stereocenters. The van der Waals surface area contributed by atoms with E-state index in [0.717, 1.165) is 11.1 Å². The number of aryl methyl sites for hydroxylation is 2. The number of amides is 2. The van der Waals surface area contributed by atoms with Crippen LogP contribution in [0.2, 0.25) is 0 Å². The fourth-order valence-electron chi connectivity index (χ4n) is 3.56. The molecule has 2 N–H and O–H groups in total.